The number of likely N-dealkylation sites (tertiary alicyclic amines) is 1. The Labute approximate surface area is 111 Å². The smallest absolute Gasteiger partial charge is 0.121 e. The van der Waals surface area contributed by atoms with Crippen LogP contribution in [0.2, 0.25) is 0 Å². The number of phenolic OH excluding ortho intramolecular Hbond substituents is 1. The van der Waals surface area contributed by atoms with Crippen LogP contribution < -0.4 is 0 Å². The van der Waals surface area contributed by atoms with Crippen molar-refractivity contribution in [2.75, 3.05) is 13.1 Å². The quantitative estimate of drug-likeness (QED) is 0.881. The van der Waals surface area contributed by atoms with E-state index in [4.69, 9.17) is 0 Å². The number of rotatable bonds is 3. The molecule has 2 heteroatoms. The summed E-state index contributed by atoms with van der Waals surface area (Å²) in [5, 5.41) is 9.80. The Bertz CT molecular complexity index is 391. The zero-order valence-electron chi connectivity index (χ0n) is 11.9. The summed E-state index contributed by atoms with van der Waals surface area (Å²) in [5.74, 6) is 1.32. The van der Waals surface area contributed by atoms with Gasteiger partial charge >= 0.3 is 0 Å². The van der Waals surface area contributed by atoms with Crippen LogP contribution in [-0.2, 0) is 6.54 Å². The van der Waals surface area contributed by atoms with Gasteiger partial charge in [0.25, 0.3) is 0 Å². The first kappa shape index (κ1) is 13.4. The molecular formula is C16H25NO. The summed E-state index contributed by atoms with van der Waals surface area (Å²) in [7, 11) is 0. The lowest BCUT2D eigenvalue weighted by molar-refractivity contribution is 0.164. The molecule has 1 N–H and O–H groups in total. The Morgan fingerprint density at radius 2 is 1.94 bits per heavy atom. The summed E-state index contributed by atoms with van der Waals surface area (Å²) in [6, 6.07) is 4.25. The molecule has 1 unspecified atom stereocenters. The lowest BCUT2D eigenvalue weighted by Crippen LogP contribution is -2.34. The molecule has 1 aromatic carbocycles. The van der Waals surface area contributed by atoms with Crippen LogP contribution >= 0.6 is 0 Å². The number of aryl methyl sites for hydroxylation is 2. The predicted octanol–water partition coefficient (Wildman–Crippen LogP) is 3.63. The van der Waals surface area contributed by atoms with Crippen molar-refractivity contribution in [1.29, 1.82) is 0 Å². The Morgan fingerprint density at radius 1 is 1.28 bits per heavy atom. The second-order valence-electron chi connectivity index (χ2n) is 5.73. The van der Waals surface area contributed by atoms with Crippen molar-refractivity contribution in [2.45, 2.75) is 46.6 Å². The summed E-state index contributed by atoms with van der Waals surface area (Å²) in [6.45, 7) is 9.74. The standard InChI is InChI=1S/C16H25NO/c1-4-14-6-5-7-17(10-14)11-15-8-12(2)16(18)13(3)9-15/h8-9,14,18H,4-7,10-11H2,1-3H3. The number of nitrogens with zero attached hydrogens (tertiary/aromatic N) is 1. The van der Waals surface area contributed by atoms with Crippen molar-refractivity contribution in [3.8, 4) is 5.75 Å². The monoisotopic (exact) mass is 247 g/mol. The van der Waals surface area contributed by atoms with Crippen molar-refractivity contribution in [1.82, 2.24) is 4.90 Å². The summed E-state index contributed by atoms with van der Waals surface area (Å²) < 4.78 is 0. The van der Waals surface area contributed by atoms with E-state index >= 15 is 0 Å². The molecule has 18 heavy (non-hydrogen) atoms. The van der Waals surface area contributed by atoms with Crippen molar-refractivity contribution in [2.24, 2.45) is 5.92 Å². The van der Waals surface area contributed by atoms with Gasteiger partial charge in [0.15, 0.2) is 0 Å². The molecule has 0 aliphatic carbocycles. The molecule has 0 radical (unpaired) electrons. The van der Waals surface area contributed by atoms with Crippen molar-refractivity contribution in [3.63, 3.8) is 0 Å². The second-order valence-corrected chi connectivity index (χ2v) is 5.73. The average Bonchev–Trinajstić information content (AvgIpc) is 2.36. The second kappa shape index (κ2) is 5.75. The van der Waals surface area contributed by atoms with Crippen LogP contribution in [0.4, 0.5) is 0 Å². The molecule has 1 aliphatic heterocycles. The molecule has 0 aromatic heterocycles. The first-order valence-electron chi connectivity index (χ1n) is 7.11. The Kier molecular flexibility index (Phi) is 4.28. The van der Waals surface area contributed by atoms with E-state index in [0.29, 0.717) is 5.75 Å². The molecular weight excluding hydrogens is 222 g/mol. The van der Waals surface area contributed by atoms with Crippen molar-refractivity contribution >= 4 is 0 Å². The van der Waals surface area contributed by atoms with E-state index in [-0.39, 0.29) is 0 Å². The minimum Gasteiger partial charge on any atom is -0.507 e. The van der Waals surface area contributed by atoms with Gasteiger partial charge in [-0.1, -0.05) is 25.5 Å². The minimum absolute atomic E-state index is 0.448. The van der Waals surface area contributed by atoms with Gasteiger partial charge in [0.1, 0.15) is 5.75 Å². The van der Waals surface area contributed by atoms with Gasteiger partial charge in [0.05, 0.1) is 0 Å². The third-order valence-corrected chi connectivity index (χ3v) is 4.14. The third-order valence-electron chi connectivity index (χ3n) is 4.14. The SMILES string of the molecule is CCC1CCCN(Cc2cc(C)c(O)c(C)c2)C1. The van der Waals surface area contributed by atoms with E-state index < -0.39 is 0 Å². The molecule has 1 heterocycles. The van der Waals surface area contributed by atoms with Gasteiger partial charge in [0, 0.05) is 13.1 Å². The topological polar surface area (TPSA) is 23.5 Å². The highest BCUT2D eigenvalue weighted by molar-refractivity contribution is 5.42. The van der Waals surface area contributed by atoms with Crippen LogP contribution in [0.3, 0.4) is 0 Å². The molecule has 2 rings (SSSR count). The average molecular weight is 247 g/mol. The van der Waals surface area contributed by atoms with E-state index in [0.717, 1.165) is 23.6 Å². The Hall–Kier alpha value is -1.02. The molecule has 100 valence electrons. The molecule has 1 atom stereocenters. The highest BCUT2D eigenvalue weighted by Gasteiger charge is 2.18. The molecule has 0 saturated carbocycles. The van der Waals surface area contributed by atoms with Gasteiger partial charge in [-0.3, -0.25) is 4.90 Å². The van der Waals surface area contributed by atoms with Crippen LogP contribution in [-0.4, -0.2) is 23.1 Å². The molecule has 1 aromatic rings. The fraction of sp³-hybridized carbons (Fsp3) is 0.625. The molecule has 0 amide bonds. The lowest BCUT2D eigenvalue weighted by atomic mass is 9.95. The summed E-state index contributed by atoms with van der Waals surface area (Å²) in [4.78, 5) is 2.56. The number of phenols is 1. The summed E-state index contributed by atoms with van der Waals surface area (Å²) >= 11 is 0. The van der Waals surface area contributed by atoms with Crippen LogP contribution in [0.5, 0.6) is 5.75 Å². The van der Waals surface area contributed by atoms with Gasteiger partial charge in [0.2, 0.25) is 0 Å². The highest BCUT2D eigenvalue weighted by atomic mass is 16.3. The maximum Gasteiger partial charge on any atom is 0.121 e. The van der Waals surface area contributed by atoms with Gasteiger partial charge in [-0.2, -0.15) is 0 Å². The van der Waals surface area contributed by atoms with Gasteiger partial charge < -0.3 is 5.11 Å². The van der Waals surface area contributed by atoms with E-state index in [2.05, 4.69) is 24.0 Å². The molecule has 1 aliphatic rings. The van der Waals surface area contributed by atoms with E-state index in [1.807, 2.05) is 13.8 Å². The fourth-order valence-corrected chi connectivity index (χ4v) is 3.02. The fourth-order valence-electron chi connectivity index (χ4n) is 3.02. The van der Waals surface area contributed by atoms with E-state index in [1.54, 1.807) is 0 Å². The van der Waals surface area contributed by atoms with Gasteiger partial charge in [-0.15, -0.1) is 0 Å². The van der Waals surface area contributed by atoms with E-state index in [1.165, 1.54) is 37.9 Å². The predicted molar refractivity (Wildman–Crippen MR) is 75.9 cm³/mol. The number of benzene rings is 1. The molecule has 2 nitrogen and oxygen atoms in total. The normalized spacial score (nSPS) is 21.2. The van der Waals surface area contributed by atoms with E-state index in [9.17, 15) is 5.11 Å². The molecule has 0 spiro atoms. The van der Waals surface area contributed by atoms with Crippen LogP contribution in [0.25, 0.3) is 0 Å². The number of hydrogen-bond acceptors (Lipinski definition) is 2. The van der Waals surface area contributed by atoms with Crippen LogP contribution in [0.15, 0.2) is 12.1 Å². The summed E-state index contributed by atoms with van der Waals surface area (Å²) in [6.07, 6.45) is 4.01. The largest absolute Gasteiger partial charge is 0.507 e. The van der Waals surface area contributed by atoms with Gasteiger partial charge in [-0.25, -0.2) is 0 Å². The zero-order valence-corrected chi connectivity index (χ0v) is 11.9. The molecule has 1 saturated heterocycles. The van der Waals surface area contributed by atoms with Crippen molar-refractivity contribution < 1.29 is 5.11 Å². The Morgan fingerprint density at radius 3 is 2.56 bits per heavy atom. The molecule has 0 bridgehead atoms. The molecule has 1 fully saturated rings. The number of hydrogen-bond donors (Lipinski definition) is 1. The van der Waals surface area contributed by atoms with Crippen molar-refractivity contribution in [3.05, 3.63) is 28.8 Å². The number of aromatic hydroxyl groups is 1. The minimum atomic E-state index is 0.448. The zero-order chi connectivity index (χ0) is 13.1. The Balaban J connectivity index is 2.05. The first-order valence-corrected chi connectivity index (χ1v) is 7.11. The first-order chi connectivity index (χ1) is 8.60. The van der Waals surface area contributed by atoms with Crippen LogP contribution in [0.1, 0.15) is 42.9 Å². The summed E-state index contributed by atoms with van der Waals surface area (Å²) in [5.41, 5.74) is 3.32. The highest BCUT2D eigenvalue weighted by Crippen LogP contribution is 2.25. The third kappa shape index (κ3) is 3.05. The maximum absolute atomic E-state index is 9.80. The maximum atomic E-state index is 9.80. The van der Waals surface area contributed by atoms with Gasteiger partial charge in [-0.05, 0) is 55.8 Å². The number of piperidine rings is 1. The lowest BCUT2D eigenvalue weighted by Gasteiger charge is -2.32. The van der Waals surface area contributed by atoms with Crippen LogP contribution in [0, 0.1) is 19.8 Å².